The van der Waals surface area contributed by atoms with Crippen LogP contribution in [-0.2, 0) is 22.4 Å². The number of alkyl halides is 2. The summed E-state index contributed by atoms with van der Waals surface area (Å²) in [5.41, 5.74) is 1.81. The van der Waals surface area contributed by atoms with Gasteiger partial charge in [-0.25, -0.2) is 9.59 Å². The Labute approximate surface area is 315 Å². The first-order valence-corrected chi connectivity index (χ1v) is 17.6. The monoisotopic (exact) mass is 771 g/mol. The van der Waals surface area contributed by atoms with Gasteiger partial charge in [-0.1, -0.05) is 53.5 Å². The molecule has 1 amide bonds. The summed E-state index contributed by atoms with van der Waals surface area (Å²) < 4.78 is 54.9. The normalized spacial score (nSPS) is 18.3. The highest BCUT2D eigenvalue weighted by Crippen LogP contribution is 2.37. The molecule has 2 atom stereocenters. The lowest BCUT2D eigenvalue weighted by molar-refractivity contribution is -0.605. The number of carbonyl (C=O) groups excluding carboxylic acids is 2. The zero-order chi connectivity index (χ0) is 37.6. The van der Waals surface area contributed by atoms with Crippen molar-refractivity contribution in [2.45, 2.75) is 44.6 Å². The van der Waals surface area contributed by atoms with Crippen molar-refractivity contribution >= 4 is 41.0 Å². The first kappa shape index (κ1) is 37.9. The van der Waals surface area contributed by atoms with E-state index in [1.165, 1.54) is 49.5 Å². The molecule has 3 aliphatic rings. The third-order valence-electron chi connectivity index (χ3n) is 9.45. The molecule has 2 bridgehead atoms. The fraction of sp³-hybridized carbons (Fsp3) is 0.342. The lowest BCUT2D eigenvalue weighted by Gasteiger charge is -2.44. The van der Waals surface area contributed by atoms with E-state index in [1.54, 1.807) is 36.4 Å². The van der Waals surface area contributed by atoms with Crippen LogP contribution < -0.4 is 23.8 Å². The minimum Gasteiger partial charge on any atom is -0.619 e. The Kier molecular flexibility index (Phi) is 12.1. The van der Waals surface area contributed by atoms with Crippen molar-refractivity contribution in [1.82, 2.24) is 4.90 Å². The standard InChI is InChI=1S/C38H37Cl2F2N3O8/c1-49-32-12-11-26(17-34(32)50-2)33(18-27-28(39)20-44(48)21-29(27)40)51-36(46)25-9-7-23(8-10-25)19-45(30-5-3-4-6-31(30)52-37(41)42)38(47)53-35-22-43-15-13-24(35)14-16-43/h3-12,17,20-21,24,33,35,37H,13-16,18-19,22H2,1-2H3/t33?,35-/m0/s1. The van der Waals surface area contributed by atoms with Gasteiger partial charge in [0.2, 0.25) is 0 Å². The molecular formula is C38H37Cl2F2N3O8. The van der Waals surface area contributed by atoms with Crippen LogP contribution in [0.25, 0.3) is 0 Å². The lowest BCUT2D eigenvalue weighted by atomic mass is 9.86. The molecule has 3 aromatic carbocycles. The average molecular weight is 773 g/mol. The van der Waals surface area contributed by atoms with Crippen LogP contribution >= 0.6 is 23.2 Å². The number of pyridine rings is 1. The van der Waals surface area contributed by atoms with E-state index in [9.17, 15) is 23.6 Å². The quantitative estimate of drug-likeness (QED) is 0.0770. The van der Waals surface area contributed by atoms with E-state index in [4.69, 9.17) is 46.9 Å². The van der Waals surface area contributed by atoms with E-state index < -0.39 is 24.8 Å². The Hall–Kier alpha value is -4.85. The van der Waals surface area contributed by atoms with Crippen LogP contribution in [0.1, 0.15) is 46.0 Å². The fourth-order valence-corrected chi connectivity index (χ4v) is 7.28. The highest BCUT2D eigenvalue weighted by molar-refractivity contribution is 6.35. The molecule has 15 heteroatoms. The van der Waals surface area contributed by atoms with Gasteiger partial charge >= 0.3 is 18.7 Å². The maximum atomic E-state index is 13.8. The number of para-hydroxylation sites is 2. The molecule has 280 valence electrons. The molecule has 0 aliphatic carbocycles. The number of halogens is 4. The van der Waals surface area contributed by atoms with Crippen LogP contribution in [0.15, 0.2) is 79.1 Å². The minimum atomic E-state index is -3.11. The third-order valence-corrected chi connectivity index (χ3v) is 10.1. The number of benzene rings is 3. The first-order chi connectivity index (χ1) is 25.5. The summed E-state index contributed by atoms with van der Waals surface area (Å²) in [5.74, 6) is 0.218. The maximum absolute atomic E-state index is 13.8. The minimum absolute atomic E-state index is 0.0224. The first-order valence-electron chi connectivity index (χ1n) is 16.9. The molecule has 53 heavy (non-hydrogen) atoms. The Morgan fingerprint density at radius 3 is 2.25 bits per heavy atom. The predicted molar refractivity (Wildman–Crippen MR) is 192 cm³/mol. The highest BCUT2D eigenvalue weighted by Gasteiger charge is 2.38. The summed E-state index contributed by atoms with van der Waals surface area (Å²) >= 11 is 12.8. The molecule has 4 heterocycles. The van der Waals surface area contributed by atoms with Crippen LogP contribution in [0.4, 0.5) is 19.3 Å². The molecule has 3 fully saturated rings. The zero-order valence-corrected chi connectivity index (χ0v) is 30.4. The fourth-order valence-electron chi connectivity index (χ4n) is 6.68. The number of hydrogen-bond donors (Lipinski definition) is 0. The van der Waals surface area contributed by atoms with Crippen LogP contribution in [0.2, 0.25) is 10.0 Å². The second-order valence-electron chi connectivity index (χ2n) is 12.7. The molecule has 1 unspecified atom stereocenters. The number of piperidine rings is 3. The molecule has 11 nitrogen and oxygen atoms in total. The second-order valence-corrected chi connectivity index (χ2v) is 13.5. The van der Waals surface area contributed by atoms with E-state index in [0.717, 1.165) is 38.3 Å². The van der Waals surface area contributed by atoms with Crippen molar-refractivity contribution in [3.63, 3.8) is 0 Å². The summed E-state index contributed by atoms with van der Waals surface area (Å²) in [5, 5.41) is 12.1. The van der Waals surface area contributed by atoms with Crippen molar-refractivity contribution in [2.75, 3.05) is 38.8 Å². The van der Waals surface area contributed by atoms with Crippen molar-refractivity contribution in [3.8, 4) is 17.2 Å². The molecule has 1 aromatic heterocycles. The Bertz CT molecular complexity index is 1910. The molecule has 3 saturated heterocycles. The van der Waals surface area contributed by atoms with Crippen molar-refractivity contribution in [2.24, 2.45) is 5.92 Å². The van der Waals surface area contributed by atoms with Gasteiger partial charge in [0, 0.05) is 18.5 Å². The predicted octanol–water partition coefficient (Wildman–Crippen LogP) is 7.62. The Morgan fingerprint density at radius 1 is 0.943 bits per heavy atom. The van der Waals surface area contributed by atoms with E-state index in [2.05, 4.69) is 4.90 Å². The van der Waals surface area contributed by atoms with E-state index in [1.807, 2.05) is 0 Å². The molecule has 3 aliphatic heterocycles. The number of ether oxygens (including phenoxy) is 5. The number of nitrogens with zero attached hydrogens (tertiary/aromatic N) is 3. The average Bonchev–Trinajstić information content (AvgIpc) is 3.15. The van der Waals surface area contributed by atoms with Crippen LogP contribution in [0.3, 0.4) is 0 Å². The molecular weight excluding hydrogens is 735 g/mol. The highest BCUT2D eigenvalue weighted by atomic mass is 35.5. The van der Waals surface area contributed by atoms with Gasteiger partial charge in [-0.3, -0.25) is 9.80 Å². The van der Waals surface area contributed by atoms with E-state index in [-0.39, 0.29) is 52.0 Å². The smallest absolute Gasteiger partial charge is 0.415 e. The van der Waals surface area contributed by atoms with Gasteiger partial charge in [-0.05, 0) is 79.4 Å². The van der Waals surface area contributed by atoms with Crippen LogP contribution in [0.5, 0.6) is 17.2 Å². The van der Waals surface area contributed by atoms with Crippen molar-refractivity contribution in [1.29, 1.82) is 0 Å². The molecule has 4 aromatic rings. The van der Waals surface area contributed by atoms with Gasteiger partial charge in [0.05, 0.1) is 32.0 Å². The van der Waals surface area contributed by atoms with E-state index >= 15 is 0 Å². The van der Waals surface area contributed by atoms with Gasteiger partial charge in [-0.2, -0.15) is 13.5 Å². The van der Waals surface area contributed by atoms with Gasteiger partial charge in [0.1, 0.15) is 28.0 Å². The number of amides is 1. The zero-order valence-electron chi connectivity index (χ0n) is 28.9. The Balaban J connectivity index is 1.24. The molecule has 7 rings (SSSR count). The Morgan fingerprint density at radius 2 is 1.62 bits per heavy atom. The number of hydrogen-bond acceptors (Lipinski definition) is 9. The third kappa shape index (κ3) is 9.03. The largest absolute Gasteiger partial charge is 0.619 e. The molecule has 0 saturated carbocycles. The van der Waals surface area contributed by atoms with Gasteiger partial charge in [0.25, 0.3) is 0 Å². The van der Waals surface area contributed by atoms with Gasteiger partial charge in [0.15, 0.2) is 23.9 Å². The number of methoxy groups -OCH3 is 2. The second kappa shape index (κ2) is 16.9. The summed E-state index contributed by atoms with van der Waals surface area (Å²) in [7, 11) is 2.97. The molecule has 0 spiro atoms. The number of carbonyl (C=O) groups is 2. The summed E-state index contributed by atoms with van der Waals surface area (Å²) in [4.78, 5) is 30.9. The van der Waals surface area contributed by atoms with Crippen LogP contribution in [-0.4, -0.2) is 63.5 Å². The SMILES string of the molecule is COc1ccc(C(Cc2c(Cl)c[n+]([O-])cc2Cl)OC(=O)c2ccc(CN(C(=O)O[C@H]3CN4CCC3CC4)c3ccccc3OC(F)F)cc2)cc1OC. The lowest BCUT2D eigenvalue weighted by Crippen LogP contribution is -2.53. The van der Waals surface area contributed by atoms with Gasteiger partial charge < -0.3 is 28.9 Å². The molecule has 0 radical (unpaired) electrons. The molecule has 0 N–H and O–H groups in total. The van der Waals surface area contributed by atoms with Gasteiger partial charge in [-0.15, -0.1) is 0 Å². The van der Waals surface area contributed by atoms with E-state index in [0.29, 0.717) is 39.5 Å². The number of fused-ring (bicyclic) bond motifs is 3. The van der Waals surface area contributed by atoms with Crippen molar-refractivity contribution < 1.29 is 46.8 Å². The summed E-state index contributed by atoms with van der Waals surface area (Å²) in [6.45, 7) is -0.667. The topological polar surface area (TPSA) is 114 Å². The number of anilines is 1. The van der Waals surface area contributed by atoms with Crippen LogP contribution in [0, 0.1) is 11.1 Å². The summed E-state index contributed by atoms with van der Waals surface area (Å²) in [6, 6.07) is 17.4. The summed E-state index contributed by atoms with van der Waals surface area (Å²) in [6.07, 6.45) is 2.21. The number of esters is 1. The van der Waals surface area contributed by atoms with Crippen molar-refractivity contribution in [3.05, 3.63) is 117 Å². The maximum Gasteiger partial charge on any atom is 0.415 e. The number of aromatic nitrogens is 1. The number of rotatable bonds is 13.